The molecular weight excluding hydrogens is 190 g/mol. The molecule has 0 aromatic rings. The minimum absolute atomic E-state index is 0.554. The number of hydrogen-bond acceptors (Lipinski definition) is 4. The van der Waals surface area contributed by atoms with Crippen molar-refractivity contribution in [1.82, 2.24) is 0 Å². The van der Waals surface area contributed by atoms with Crippen molar-refractivity contribution in [3.63, 3.8) is 0 Å². The quantitative estimate of drug-likeness (QED) is 0.465. The monoisotopic (exact) mass is 200 g/mol. The van der Waals surface area contributed by atoms with Crippen molar-refractivity contribution in [1.29, 1.82) is 0 Å². The van der Waals surface area contributed by atoms with Gasteiger partial charge in [-0.1, -0.05) is 0 Å². The van der Waals surface area contributed by atoms with Crippen LogP contribution in [0.15, 0.2) is 0 Å². The molecule has 6 heteroatoms. The highest BCUT2D eigenvalue weighted by Gasteiger charge is 2.77. The maximum absolute atomic E-state index is 12.8. The van der Waals surface area contributed by atoms with Gasteiger partial charge < -0.3 is 14.6 Å². The molecule has 1 unspecified atom stereocenters. The molecule has 2 radical (unpaired) electrons. The largest absolute Gasteiger partial charge is 0.460 e. The van der Waals surface area contributed by atoms with Crippen LogP contribution in [0.1, 0.15) is 6.92 Å². The third-order valence-electron chi connectivity index (χ3n) is 2.91. The van der Waals surface area contributed by atoms with Crippen molar-refractivity contribution in [2.24, 2.45) is 5.41 Å². The first-order valence-corrected chi connectivity index (χ1v) is 4.36. The van der Waals surface area contributed by atoms with Crippen molar-refractivity contribution in [2.45, 2.75) is 31.2 Å². The summed E-state index contributed by atoms with van der Waals surface area (Å²) in [5.41, 5.74) is -1.12. The Balaban J connectivity index is 2.16. The Labute approximate surface area is 81.8 Å². The van der Waals surface area contributed by atoms with E-state index in [1.54, 1.807) is 0 Å². The first-order chi connectivity index (χ1) is 6.54. The second-order valence-corrected chi connectivity index (χ2v) is 3.74. The number of carbonyl (C=O) groups excluding carboxylic acids is 1. The molecule has 1 aliphatic carbocycles. The average Bonchev–Trinajstić information content (AvgIpc) is 2.54. The summed E-state index contributed by atoms with van der Waals surface area (Å²) in [7, 11) is 5.49. The van der Waals surface area contributed by atoms with Gasteiger partial charge in [-0.2, -0.15) is 0 Å². The number of carbonyl (C=O) groups is 1. The van der Waals surface area contributed by atoms with Crippen LogP contribution in [0.4, 0.5) is 4.39 Å². The Kier molecular flexibility index (Phi) is 2.08. The fraction of sp³-hybridized carbons (Fsp3) is 0.875. The van der Waals surface area contributed by atoms with Crippen LogP contribution in [0.25, 0.3) is 0 Å². The molecule has 0 spiro atoms. The lowest BCUT2D eigenvalue weighted by atomic mass is 9.86. The number of aliphatic hydroxyl groups excluding tert-OH is 1. The van der Waals surface area contributed by atoms with Crippen LogP contribution in [0, 0.1) is 5.41 Å². The third-order valence-corrected chi connectivity index (χ3v) is 2.91. The molecule has 0 aromatic heterocycles. The summed E-state index contributed by atoms with van der Waals surface area (Å²) in [6, 6.07) is -0.844. The van der Waals surface area contributed by atoms with Gasteiger partial charge in [0, 0.05) is 6.92 Å². The van der Waals surface area contributed by atoms with Crippen LogP contribution in [0.5, 0.6) is 0 Å². The van der Waals surface area contributed by atoms with Gasteiger partial charge in [-0.3, -0.25) is 9.18 Å². The predicted molar refractivity (Wildman–Crippen MR) is 44.4 cm³/mol. The maximum atomic E-state index is 12.8. The predicted octanol–water partition coefficient (Wildman–Crippen LogP) is -0.858. The summed E-state index contributed by atoms with van der Waals surface area (Å²) in [5.74, 6) is -0.554. The van der Waals surface area contributed by atoms with E-state index in [0.29, 0.717) is 0 Å². The van der Waals surface area contributed by atoms with Crippen molar-refractivity contribution in [3.05, 3.63) is 0 Å². The molecule has 0 bridgehead atoms. The fourth-order valence-electron chi connectivity index (χ4n) is 2.07. The summed E-state index contributed by atoms with van der Waals surface area (Å²) in [6.45, 7) is 0.408. The van der Waals surface area contributed by atoms with Gasteiger partial charge >= 0.3 is 5.97 Å². The van der Waals surface area contributed by atoms with Crippen LogP contribution < -0.4 is 0 Å². The fourth-order valence-corrected chi connectivity index (χ4v) is 2.07. The van der Waals surface area contributed by atoms with Gasteiger partial charge in [0.25, 0.3) is 0 Å². The molecule has 2 rings (SSSR count). The van der Waals surface area contributed by atoms with Crippen molar-refractivity contribution < 1.29 is 23.8 Å². The number of aliphatic hydroxyl groups is 1. The SMILES string of the molecule is [B][C@@H]1O[C@@H]2C(O)[C@]2(CF)[C@H]1OC(C)=O. The third kappa shape index (κ3) is 1.04. The molecule has 0 aromatic carbocycles. The highest BCUT2D eigenvalue weighted by molar-refractivity contribution is 6.12. The lowest BCUT2D eigenvalue weighted by Gasteiger charge is -2.24. The standard InChI is InChI=1S/C8H10BFO4/c1-3(11)13-6-7(9)14-5-4(12)8(5,6)2-10/h4-7,12H,2H2,1H3/t4?,5-,6+,7-,8+/m1/s1. The molecule has 5 atom stereocenters. The van der Waals surface area contributed by atoms with E-state index in [9.17, 15) is 14.3 Å². The number of alkyl halides is 1. The molecule has 2 aliphatic rings. The number of rotatable bonds is 2. The van der Waals surface area contributed by atoms with E-state index in [1.807, 2.05) is 0 Å². The first kappa shape index (κ1) is 9.92. The molecule has 1 heterocycles. The highest BCUT2D eigenvalue weighted by Crippen LogP contribution is 2.58. The van der Waals surface area contributed by atoms with E-state index >= 15 is 0 Å². The molecule has 0 amide bonds. The van der Waals surface area contributed by atoms with E-state index in [1.165, 1.54) is 6.92 Å². The van der Waals surface area contributed by atoms with Gasteiger partial charge in [-0.15, -0.1) is 0 Å². The topological polar surface area (TPSA) is 55.8 Å². The van der Waals surface area contributed by atoms with Crippen molar-refractivity contribution in [2.75, 3.05) is 6.67 Å². The zero-order valence-corrected chi connectivity index (χ0v) is 7.64. The number of hydrogen-bond donors (Lipinski definition) is 1. The molecule has 14 heavy (non-hydrogen) atoms. The molecule has 1 N–H and O–H groups in total. The maximum Gasteiger partial charge on any atom is 0.302 e. The highest BCUT2D eigenvalue weighted by atomic mass is 19.1. The van der Waals surface area contributed by atoms with Crippen LogP contribution in [0.3, 0.4) is 0 Å². The number of esters is 1. The number of ether oxygens (including phenoxy) is 2. The van der Waals surface area contributed by atoms with Crippen LogP contribution in [-0.4, -0.2) is 49.9 Å². The van der Waals surface area contributed by atoms with E-state index in [0.717, 1.165) is 0 Å². The van der Waals surface area contributed by atoms with Gasteiger partial charge in [0.15, 0.2) is 0 Å². The van der Waals surface area contributed by atoms with Crippen molar-refractivity contribution >= 4 is 13.8 Å². The molecule has 2 fully saturated rings. The zero-order chi connectivity index (χ0) is 10.5. The minimum atomic E-state index is -1.12. The Morgan fingerprint density at radius 3 is 2.93 bits per heavy atom. The first-order valence-electron chi connectivity index (χ1n) is 4.36. The Morgan fingerprint density at radius 1 is 1.79 bits per heavy atom. The zero-order valence-electron chi connectivity index (χ0n) is 7.64. The van der Waals surface area contributed by atoms with E-state index in [2.05, 4.69) is 0 Å². The van der Waals surface area contributed by atoms with Gasteiger partial charge in [0.2, 0.25) is 0 Å². The minimum Gasteiger partial charge on any atom is -0.460 e. The molecule has 1 aliphatic heterocycles. The van der Waals surface area contributed by atoms with Gasteiger partial charge in [0.05, 0.1) is 23.6 Å². The average molecular weight is 200 g/mol. The number of fused-ring (bicyclic) bond motifs is 1. The van der Waals surface area contributed by atoms with Crippen molar-refractivity contribution in [3.8, 4) is 0 Å². The Bertz CT molecular complexity index is 274. The Hall–Kier alpha value is -0.615. The van der Waals surface area contributed by atoms with Gasteiger partial charge in [-0.05, 0) is 0 Å². The summed E-state index contributed by atoms with van der Waals surface area (Å²) >= 11 is 0. The molecule has 4 nitrogen and oxygen atoms in total. The lowest BCUT2D eigenvalue weighted by molar-refractivity contribution is -0.153. The smallest absolute Gasteiger partial charge is 0.302 e. The van der Waals surface area contributed by atoms with E-state index in [4.69, 9.17) is 17.3 Å². The Morgan fingerprint density at radius 2 is 2.43 bits per heavy atom. The van der Waals surface area contributed by atoms with E-state index < -0.39 is 42.4 Å². The van der Waals surface area contributed by atoms with Gasteiger partial charge in [0.1, 0.15) is 20.6 Å². The normalized spacial score (nSPS) is 49.9. The summed E-state index contributed by atoms with van der Waals surface area (Å²) in [6.07, 6.45) is -2.44. The van der Waals surface area contributed by atoms with Gasteiger partial charge in [-0.25, -0.2) is 0 Å². The molecule has 1 saturated carbocycles. The van der Waals surface area contributed by atoms with Crippen LogP contribution >= 0.6 is 0 Å². The second kappa shape index (κ2) is 2.94. The summed E-state index contributed by atoms with van der Waals surface area (Å²) < 4.78 is 22.7. The molecule has 1 saturated heterocycles. The van der Waals surface area contributed by atoms with Crippen LogP contribution in [-0.2, 0) is 14.3 Å². The number of halogens is 1. The lowest BCUT2D eigenvalue weighted by Crippen LogP contribution is -2.39. The summed E-state index contributed by atoms with van der Waals surface area (Å²) in [5, 5.41) is 9.39. The molecule has 76 valence electrons. The van der Waals surface area contributed by atoms with E-state index in [-0.39, 0.29) is 0 Å². The van der Waals surface area contributed by atoms with Crippen LogP contribution in [0.2, 0.25) is 0 Å². The second-order valence-electron chi connectivity index (χ2n) is 3.74. The summed E-state index contributed by atoms with van der Waals surface area (Å²) in [4.78, 5) is 10.7. The molecular formula is C8H10BFO4.